The third kappa shape index (κ3) is 3.60. The van der Waals surface area contributed by atoms with Crippen LogP contribution in [-0.2, 0) is 24.2 Å². The molecule has 0 spiro atoms. The maximum absolute atomic E-state index is 12.5. The highest BCUT2D eigenvalue weighted by Crippen LogP contribution is 2.29. The first-order chi connectivity index (χ1) is 10.2. The van der Waals surface area contributed by atoms with E-state index in [4.69, 9.17) is 9.84 Å². The number of aliphatic carboxylic acids is 1. The molecule has 0 aromatic carbocycles. The molecule has 0 aromatic rings. The highest BCUT2D eigenvalue weighted by atomic mass is 32.2. The van der Waals surface area contributed by atoms with Gasteiger partial charge in [-0.1, -0.05) is 12.8 Å². The molecule has 1 amide bonds. The van der Waals surface area contributed by atoms with Crippen molar-refractivity contribution in [1.29, 1.82) is 0 Å². The summed E-state index contributed by atoms with van der Waals surface area (Å²) in [5, 5.41) is 8.37. The minimum atomic E-state index is -3.23. The van der Waals surface area contributed by atoms with E-state index in [9.17, 15) is 18.0 Å². The van der Waals surface area contributed by atoms with E-state index in [-0.39, 0.29) is 11.9 Å². The monoisotopic (exact) mass is 333 g/mol. The molecule has 22 heavy (non-hydrogen) atoms. The van der Waals surface area contributed by atoms with E-state index < -0.39 is 33.3 Å². The summed E-state index contributed by atoms with van der Waals surface area (Å²) in [5.41, 5.74) is 0. The van der Waals surface area contributed by atoms with Gasteiger partial charge in [-0.2, -0.15) is 0 Å². The Morgan fingerprint density at radius 2 is 1.68 bits per heavy atom. The lowest BCUT2D eigenvalue weighted by molar-refractivity contribution is -0.155. The average Bonchev–Trinajstić information content (AvgIpc) is 2.95. The molecule has 1 saturated heterocycles. The second kappa shape index (κ2) is 6.54. The van der Waals surface area contributed by atoms with Crippen LogP contribution in [0.5, 0.6) is 0 Å². The van der Waals surface area contributed by atoms with Crippen LogP contribution < -0.4 is 0 Å². The van der Waals surface area contributed by atoms with Gasteiger partial charge < -0.3 is 14.7 Å². The minimum absolute atomic E-state index is 0.305. The Balaban J connectivity index is 2.07. The van der Waals surface area contributed by atoms with Gasteiger partial charge in [0, 0.05) is 19.3 Å². The molecule has 4 unspecified atom stereocenters. The molecule has 126 valence electrons. The number of carbonyl (C=O) groups excluding carboxylic acids is 1. The zero-order chi connectivity index (χ0) is 16.5. The first kappa shape index (κ1) is 17.2. The van der Waals surface area contributed by atoms with Crippen LogP contribution in [0.4, 0.5) is 0 Å². The smallest absolute Gasteiger partial charge is 0.332 e. The molecule has 2 rings (SSSR count). The zero-order valence-corrected chi connectivity index (χ0v) is 13.7. The van der Waals surface area contributed by atoms with Gasteiger partial charge in [-0.05, 0) is 25.7 Å². The number of likely N-dealkylation sites (N-methyl/N-ethyl adjacent to an activating group) is 1. The van der Waals surface area contributed by atoms with Crippen molar-refractivity contribution in [2.45, 2.75) is 62.0 Å². The van der Waals surface area contributed by atoms with E-state index in [1.807, 2.05) is 0 Å². The van der Waals surface area contributed by atoms with Crippen molar-refractivity contribution in [3.8, 4) is 0 Å². The molecule has 1 aliphatic carbocycles. The fourth-order valence-electron chi connectivity index (χ4n) is 3.41. The van der Waals surface area contributed by atoms with E-state index in [2.05, 4.69) is 0 Å². The van der Waals surface area contributed by atoms with Crippen LogP contribution >= 0.6 is 0 Å². The normalized spacial score (nSPS) is 32.6. The number of rotatable bonds is 4. The van der Waals surface area contributed by atoms with Crippen LogP contribution in [-0.4, -0.2) is 67.1 Å². The van der Waals surface area contributed by atoms with Gasteiger partial charge in [-0.3, -0.25) is 4.79 Å². The van der Waals surface area contributed by atoms with E-state index in [1.165, 1.54) is 11.2 Å². The number of sulfone groups is 1. The molecule has 0 aromatic heterocycles. The van der Waals surface area contributed by atoms with Crippen LogP contribution in [0.3, 0.4) is 0 Å². The lowest BCUT2D eigenvalue weighted by Gasteiger charge is -2.37. The summed E-state index contributed by atoms with van der Waals surface area (Å²) in [4.78, 5) is 24.9. The molecule has 0 bridgehead atoms. The highest BCUT2D eigenvalue weighted by molar-refractivity contribution is 7.91. The molecule has 4 atom stereocenters. The van der Waals surface area contributed by atoms with Crippen molar-refractivity contribution in [1.82, 2.24) is 4.90 Å². The molecule has 0 radical (unpaired) electrons. The Bertz CT molecular complexity index is 546. The summed E-state index contributed by atoms with van der Waals surface area (Å²) in [7, 11) is -1.64. The lowest BCUT2D eigenvalue weighted by Crippen LogP contribution is -2.51. The van der Waals surface area contributed by atoms with Crippen molar-refractivity contribution in [2.24, 2.45) is 0 Å². The van der Waals surface area contributed by atoms with Gasteiger partial charge in [0.2, 0.25) is 0 Å². The topological polar surface area (TPSA) is 101 Å². The fraction of sp³-hybridized carbons (Fsp3) is 0.857. The molecular formula is C14H23NO6S. The number of nitrogens with zero attached hydrogens (tertiary/aromatic N) is 1. The number of carboxylic acid groups (broad SMARTS) is 1. The second-order valence-corrected chi connectivity index (χ2v) is 8.46. The Kier molecular flexibility index (Phi) is 5.11. The van der Waals surface area contributed by atoms with Crippen molar-refractivity contribution in [3.63, 3.8) is 0 Å². The van der Waals surface area contributed by atoms with Gasteiger partial charge in [0.15, 0.2) is 15.9 Å². The molecule has 2 fully saturated rings. The third-order valence-corrected chi connectivity index (χ3v) is 6.28. The van der Waals surface area contributed by atoms with E-state index in [0.717, 1.165) is 12.8 Å². The molecule has 1 aliphatic heterocycles. The van der Waals surface area contributed by atoms with E-state index in [0.29, 0.717) is 25.7 Å². The van der Waals surface area contributed by atoms with Crippen LogP contribution in [0, 0.1) is 0 Å². The Labute approximate surface area is 130 Å². The number of hydrogen-bond acceptors (Lipinski definition) is 5. The number of amides is 1. The molecule has 1 heterocycles. The van der Waals surface area contributed by atoms with Gasteiger partial charge in [0.25, 0.3) is 5.91 Å². The standard InChI is InChI=1S/C14H23NO6S/c1-15(9-5-3-4-6-12(9)22(2,19)20)13(16)10-7-8-11(21-10)14(17)18/h9-12H,3-8H2,1-2H3,(H,17,18). The quantitative estimate of drug-likeness (QED) is 0.801. The summed E-state index contributed by atoms with van der Waals surface area (Å²) < 4.78 is 29.2. The van der Waals surface area contributed by atoms with Crippen LogP contribution in [0.15, 0.2) is 0 Å². The largest absolute Gasteiger partial charge is 0.479 e. The summed E-state index contributed by atoms with van der Waals surface area (Å²) in [6.45, 7) is 0. The summed E-state index contributed by atoms with van der Waals surface area (Å²) >= 11 is 0. The summed E-state index contributed by atoms with van der Waals surface area (Å²) in [5.74, 6) is -1.38. The number of carbonyl (C=O) groups is 2. The number of carboxylic acids is 1. The van der Waals surface area contributed by atoms with Gasteiger partial charge in [0.05, 0.1) is 5.25 Å². The molecular weight excluding hydrogens is 310 g/mol. The van der Waals surface area contributed by atoms with Gasteiger partial charge in [-0.25, -0.2) is 13.2 Å². The van der Waals surface area contributed by atoms with E-state index >= 15 is 0 Å². The SMILES string of the molecule is CN(C(=O)C1CCC(C(=O)O)O1)C1CCCCC1S(C)(=O)=O. The molecule has 1 saturated carbocycles. The molecule has 8 heteroatoms. The van der Waals surface area contributed by atoms with Gasteiger partial charge >= 0.3 is 5.97 Å². The maximum Gasteiger partial charge on any atom is 0.332 e. The number of hydrogen-bond donors (Lipinski definition) is 1. The predicted octanol–water partition coefficient (Wildman–Crippen LogP) is 0.433. The number of ether oxygens (including phenoxy) is 1. The van der Waals surface area contributed by atoms with Crippen LogP contribution in [0.1, 0.15) is 38.5 Å². The molecule has 7 nitrogen and oxygen atoms in total. The van der Waals surface area contributed by atoms with Crippen molar-refractivity contribution < 1.29 is 27.9 Å². The van der Waals surface area contributed by atoms with Gasteiger partial charge in [-0.15, -0.1) is 0 Å². The van der Waals surface area contributed by atoms with Crippen LogP contribution in [0.2, 0.25) is 0 Å². The predicted molar refractivity (Wildman–Crippen MR) is 79.2 cm³/mol. The fourth-order valence-corrected chi connectivity index (χ4v) is 4.89. The van der Waals surface area contributed by atoms with Crippen LogP contribution in [0.25, 0.3) is 0 Å². The Morgan fingerprint density at radius 3 is 2.23 bits per heavy atom. The van der Waals surface area contributed by atoms with Crippen molar-refractivity contribution in [2.75, 3.05) is 13.3 Å². The average molecular weight is 333 g/mol. The lowest BCUT2D eigenvalue weighted by atomic mass is 9.93. The Morgan fingerprint density at radius 1 is 1.09 bits per heavy atom. The maximum atomic E-state index is 12.5. The second-order valence-electron chi connectivity index (χ2n) is 6.20. The zero-order valence-electron chi connectivity index (χ0n) is 12.9. The highest BCUT2D eigenvalue weighted by Gasteiger charge is 2.41. The van der Waals surface area contributed by atoms with E-state index in [1.54, 1.807) is 7.05 Å². The minimum Gasteiger partial charge on any atom is -0.479 e. The van der Waals surface area contributed by atoms with Crippen molar-refractivity contribution in [3.05, 3.63) is 0 Å². The molecule has 2 aliphatic rings. The first-order valence-electron chi connectivity index (χ1n) is 7.55. The third-order valence-electron chi connectivity index (χ3n) is 4.63. The van der Waals surface area contributed by atoms with Gasteiger partial charge in [0.1, 0.15) is 6.10 Å². The summed E-state index contributed by atoms with van der Waals surface area (Å²) in [6, 6.07) is -0.358. The first-order valence-corrected chi connectivity index (χ1v) is 9.51. The molecule has 1 N–H and O–H groups in total. The summed E-state index contributed by atoms with van der Waals surface area (Å²) in [6.07, 6.45) is 3.08. The van der Waals surface area contributed by atoms with Crippen molar-refractivity contribution >= 4 is 21.7 Å². The Hall–Kier alpha value is -1.15.